The standard InChI is InChI=1S/C25H25ClN6O3S/c1-31-10-7-17(8-11-31)35-21-4-2-3-20-18(21)14-28-24(30-20)29-16-5-6-22(19(26)13-16)36-25-27-9-12-32(25)15-23(33)34/h2-6,9,12-14,17H,7-8,10-11,15H2,1H3,(H,33,34)(H,28,29,30). The Kier molecular flexibility index (Phi) is 7.26. The summed E-state index contributed by atoms with van der Waals surface area (Å²) in [5.41, 5.74) is 1.53. The molecule has 0 aliphatic carbocycles. The summed E-state index contributed by atoms with van der Waals surface area (Å²) in [6.07, 6.45) is 7.18. The number of benzene rings is 2. The lowest BCUT2D eigenvalue weighted by molar-refractivity contribution is -0.137. The number of carboxylic acid groups (broad SMARTS) is 1. The van der Waals surface area contributed by atoms with Crippen molar-refractivity contribution in [2.75, 3.05) is 25.5 Å². The van der Waals surface area contributed by atoms with Gasteiger partial charge in [-0.1, -0.05) is 29.4 Å². The van der Waals surface area contributed by atoms with Gasteiger partial charge in [0.25, 0.3) is 0 Å². The third-order valence-corrected chi connectivity index (χ3v) is 7.44. The molecular formula is C25H25ClN6O3S. The fraction of sp³-hybridized carbons (Fsp3) is 0.280. The summed E-state index contributed by atoms with van der Waals surface area (Å²) in [5, 5.41) is 14.2. The highest BCUT2D eigenvalue weighted by Crippen LogP contribution is 2.35. The molecule has 2 N–H and O–H groups in total. The number of carbonyl (C=O) groups is 1. The Labute approximate surface area is 217 Å². The van der Waals surface area contributed by atoms with E-state index in [1.54, 1.807) is 29.2 Å². The molecule has 2 aromatic carbocycles. The third kappa shape index (κ3) is 5.72. The summed E-state index contributed by atoms with van der Waals surface area (Å²) in [4.78, 5) is 27.5. The summed E-state index contributed by atoms with van der Waals surface area (Å²) in [6.45, 7) is 1.90. The van der Waals surface area contributed by atoms with Gasteiger partial charge in [0, 0.05) is 42.3 Å². The summed E-state index contributed by atoms with van der Waals surface area (Å²) in [5.74, 6) is 0.322. The number of piperidine rings is 1. The lowest BCUT2D eigenvalue weighted by Gasteiger charge is -2.29. The van der Waals surface area contributed by atoms with Gasteiger partial charge >= 0.3 is 5.97 Å². The lowest BCUT2D eigenvalue weighted by Crippen LogP contribution is -2.35. The van der Waals surface area contributed by atoms with E-state index in [9.17, 15) is 4.79 Å². The Hall–Kier alpha value is -3.34. The molecule has 3 heterocycles. The zero-order chi connectivity index (χ0) is 25.1. The number of likely N-dealkylation sites (tertiary alicyclic amines) is 1. The average Bonchev–Trinajstić information content (AvgIpc) is 3.28. The minimum atomic E-state index is -0.934. The molecule has 0 radical (unpaired) electrons. The van der Waals surface area contributed by atoms with Crippen molar-refractivity contribution >= 4 is 51.9 Å². The van der Waals surface area contributed by atoms with Crippen molar-refractivity contribution < 1.29 is 14.6 Å². The maximum atomic E-state index is 11.0. The Morgan fingerprint density at radius 3 is 2.86 bits per heavy atom. The number of rotatable bonds is 8. The average molecular weight is 525 g/mol. The molecule has 1 saturated heterocycles. The van der Waals surface area contributed by atoms with Crippen molar-refractivity contribution in [1.29, 1.82) is 0 Å². The van der Waals surface area contributed by atoms with Gasteiger partial charge in [0.15, 0.2) is 5.16 Å². The number of hydrogen-bond donors (Lipinski definition) is 2. The fourth-order valence-electron chi connectivity index (χ4n) is 4.03. The molecule has 0 saturated carbocycles. The van der Waals surface area contributed by atoms with Crippen LogP contribution in [0.2, 0.25) is 5.02 Å². The SMILES string of the molecule is CN1CCC(Oc2cccc3nc(Nc4ccc(Sc5nccn5CC(=O)O)c(Cl)c4)ncc23)CC1. The fourth-order valence-corrected chi connectivity index (χ4v) is 5.17. The summed E-state index contributed by atoms with van der Waals surface area (Å²) in [7, 11) is 2.13. The van der Waals surface area contributed by atoms with Crippen LogP contribution in [0.5, 0.6) is 5.75 Å². The van der Waals surface area contributed by atoms with Crippen molar-refractivity contribution in [2.24, 2.45) is 0 Å². The van der Waals surface area contributed by atoms with Crippen molar-refractivity contribution in [3.8, 4) is 5.75 Å². The van der Waals surface area contributed by atoms with Crippen LogP contribution in [0.1, 0.15) is 12.8 Å². The van der Waals surface area contributed by atoms with E-state index in [1.165, 1.54) is 11.8 Å². The van der Waals surface area contributed by atoms with Crippen molar-refractivity contribution in [3.63, 3.8) is 0 Å². The first-order chi connectivity index (χ1) is 17.4. The number of aliphatic carboxylic acids is 1. The predicted molar refractivity (Wildman–Crippen MR) is 139 cm³/mol. The molecule has 36 heavy (non-hydrogen) atoms. The van der Waals surface area contributed by atoms with E-state index in [4.69, 9.17) is 21.4 Å². The second-order valence-electron chi connectivity index (χ2n) is 8.61. The maximum absolute atomic E-state index is 11.0. The molecular weight excluding hydrogens is 500 g/mol. The van der Waals surface area contributed by atoms with Gasteiger partial charge in [0.2, 0.25) is 5.95 Å². The van der Waals surface area contributed by atoms with E-state index >= 15 is 0 Å². The van der Waals surface area contributed by atoms with Crippen LogP contribution >= 0.6 is 23.4 Å². The number of carboxylic acids is 1. The van der Waals surface area contributed by atoms with E-state index in [-0.39, 0.29) is 12.6 Å². The minimum Gasteiger partial charge on any atom is -0.490 e. The van der Waals surface area contributed by atoms with E-state index in [0.29, 0.717) is 16.1 Å². The van der Waals surface area contributed by atoms with Crippen molar-refractivity contribution in [3.05, 3.63) is 60.0 Å². The smallest absolute Gasteiger partial charge is 0.323 e. The van der Waals surface area contributed by atoms with Crippen LogP contribution in [-0.4, -0.2) is 61.7 Å². The lowest BCUT2D eigenvalue weighted by atomic mass is 10.1. The number of nitrogens with one attached hydrogen (secondary N) is 1. The molecule has 1 aliphatic rings. The van der Waals surface area contributed by atoms with Crippen LogP contribution in [0.3, 0.4) is 0 Å². The first kappa shape index (κ1) is 24.4. The van der Waals surface area contributed by atoms with Gasteiger partial charge in [-0.2, -0.15) is 0 Å². The Bertz CT molecular complexity index is 1390. The molecule has 5 rings (SSSR count). The van der Waals surface area contributed by atoms with E-state index in [2.05, 4.69) is 32.2 Å². The minimum absolute atomic E-state index is 0.163. The molecule has 186 valence electrons. The molecule has 0 atom stereocenters. The largest absolute Gasteiger partial charge is 0.490 e. The summed E-state index contributed by atoms with van der Waals surface area (Å²) in [6, 6.07) is 11.3. The quantitative estimate of drug-likeness (QED) is 0.332. The van der Waals surface area contributed by atoms with E-state index in [1.807, 2.05) is 30.3 Å². The van der Waals surface area contributed by atoms with Gasteiger partial charge in [-0.15, -0.1) is 0 Å². The normalized spacial score (nSPS) is 14.7. The highest BCUT2D eigenvalue weighted by molar-refractivity contribution is 7.99. The molecule has 2 aromatic heterocycles. The van der Waals surface area contributed by atoms with Crippen LogP contribution in [0.4, 0.5) is 11.6 Å². The molecule has 0 amide bonds. The molecule has 0 spiro atoms. The first-order valence-electron chi connectivity index (χ1n) is 11.5. The number of ether oxygens (including phenoxy) is 1. The van der Waals surface area contributed by atoms with Gasteiger partial charge in [-0.25, -0.2) is 15.0 Å². The number of fused-ring (bicyclic) bond motifs is 1. The summed E-state index contributed by atoms with van der Waals surface area (Å²) < 4.78 is 7.85. The highest BCUT2D eigenvalue weighted by atomic mass is 35.5. The van der Waals surface area contributed by atoms with Crippen LogP contribution in [0.25, 0.3) is 10.9 Å². The molecule has 11 heteroatoms. The Balaban J connectivity index is 1.29. The van der Waals surface area contributed by atoms with Crippen LogP contribution < -0.4 is 10.1 Å². The molecule has 4 aromatic rings. The Morgan fingerprint density at radius 2 is 2.08 bits per heavy atom. The van der Waals surface area contributed by atoms with Gasteiger partial charge in [0.05, 0.1) is 15.9 Å². The number of hydrogen-bond acceptors (Lipinski definition) is 8. The second kappa shape index (κ2) is 10.7. The molecule has 1 aliphatic heterocycles. The topological polar surface area (TPSA) is 105 Å². The third-order valence-electron chi connectivity index (χ3n) is 5.92. The molecule has 1 fully saturated rings. The Morgan fingerprint density at radius 1 is 1.25 bits per heavy atom. The van der Waals surface area contributed by atoms with Crippen molar-refractivity contribution in [2.45, 2.75) is 35.5 Å². The number of nitrogens with zero attached hydrogens (tertiary/aromatic N) is 5. The predicted octanol–water partition coefficient (Wildman–Crippen LogP) is 4.93. The molecule has 9 nitrogen and oxygen atoms in total. The zero-order valence-corrected chi connectivity index (χ0v) is 21.2. The van der Waals surface area contributed by atoms with Crippen LogP contribution in [-0.2, 0) is 11.3 Å². The maximum Gasteiger partial charge on any atom is 0.323 e. The van der Waals surface area contributed by atoms with Gasteiger partial charge in [-0.3, -0.25) is 4.79 Å². The highest BCUT2D eigenvalue weighted by Gasteiger charge is 2.19. The molecule has 0 unspecified atom stereocenters. The van der Waals surface area contributed by atoms with Gasteiger partial charge in [-0.05, 0) is 50.2 Å². The van der Waals surface area contributed by atoms with Crippen molar-refractivity contribution in [1.82, 2.24) is 24.4 Å². The van der Waals surface area contributed by atoms with E-state index < -0.39 is 5.97 Å². The van der Waals surface area contributed by atoms with Gasteiger partial charge in [0.1, 0.15) is 18.4 Å². The first-order valence-corrected chi connectivity index (χ1v) is 12.7. The number of halogens is 1. The number of aromatic nitrogens is 4. The molecule has 0 bridgehead atoms. The van der Waals surface area contributed by atoms with E-state index in [0.717, 1.165) is 53.2 Å². The van der Waals surface area contributed by atoms with Crippen LogP contribution in [0, 0.1) is 0 Å². The zero-order valence-electron chi connectivity index (χ0n) is 19.6. The van der Waals surface area contributed by atoms with Crippen LogP contribution in [0.15, 0.2) is 65.0 Å². The monoisotopic (exact) mass is 524 g/mol. The number of imidazole rings is 1. The summed E-state index contributed by atoms with van der Waals surface area (Å²) >= 11 is 7.82. The van der Waals surface area contributed by atoms with Gasteiger partial charge < -0.3 is 24.6 Å². The second-order valence-corrected chi connectivity index (χ2v) is 10.0. The number of anilines is 2.